The lowest BCUT2D eigenvalue weighted by Gasteiger charge is -2.12. The fourth-order valence-corrected chi connectivity index (χ4v) is 3.19. The van der Waals surface area contributed by atoms with E-state index in [1.165, 1.54) is 0 Å². The van der Waals surface area contributed by atoms with Gasteiger partial charge >= 0.3 is 0 Å². The van der Waals surface area contributed by atoms with E-state index in [4.69, 9.17) is 4.74 Å². The van der Waals surface area contributed by atoms with Gasteiger partial charge in [-0.2, -0.15) is 5.10 Å². The highest BCUT2D eigenvalue weighted by molar-refractivity contribution is 9.10. The van der Waals surface area contributed by atoms with Crippen LogP contribution in [0.25, 0.3) is 5.69 Å². The van der Waals surface area contributed by atoms with Gasteiger partial charge in [-0.3, -0.25) is 9.59 Å². The number of nitrogens with zero attached hydrogens (tertiary/aromatic N) is 2. The number of halogens is 1. The molecule has 0 saturated heterocycles. The minimum absolute atomic E-state index is 0.127. The summed E-state index contributed by atoms with van der Waals surface area (Å²) in [5, 5.41) is 10.0. The molecule has 2 amide bonds. The first-order valence-electron chi connectivity index (χ1n) is 9.68. The molecule has 2 aromatic carbocycles. The largest absolute Gasteiger partial charge is 0.493 e. The van der Waals surface area contributed by atoms with E-state index in [1.807, 2.05) is 43.5 Å². The molecule has 156 valence electrons. The summed E-state index contributed by atoms with van der Waals surface area (Å²) in [5.74, 6) is 0.212. The quantitative estimate of drug-likeness (QED) is 0.459. The molecule has 0 fully saturated rings. The molecule has 0 spiro atoms. The number of hydrogen-bond acceptors (Lipinski definition) is 4. The number of rotatable bonds is 9. The second kappa shape index (κ2) is 10.6. The predicted molar refractivity (Wildman–Crippen MR) is 119 cm³/mol. The Morgan fingerprint density at radius 3 is 2.67 bits per heavy atom. The molecular weight excluding hydrogens is 448 g/mol. The number of amides is 2. The molecule has 1 aromatic heterocycles. The van der Waals surface area contributed by atoms with Crippen LogP contribution in [-0.2, 0) is 4.79 Å². The van der Waals surface area contributed by atoms with Gasteiger partial charge in [0.15, 0.2) is 0 Å². The molecule has 0 atom stereocenters. The van der Waals surface area contributed by atoms with Crippen LogP contribution in [0.5, 0.6) is 5.75 Å². The SMILES string of the molecule is CCOc1ccccc1C(=O)NCCCC(=O)Nc1ccccc1-n1cc(Br)cn1. The Morgan fingerprint density at radius 2 is 1.90 bits per heavy atom. The zero-order chi connectivity index (χ0) is 21.3. The molecule has 0 aliphatic heterocycles. The van der Waals surface area contributed by atoms with E-state index in [0.29, 0.717) is 36.6 Å². The summed E-state index contributed by atoms with van der Waals surface area (Å²) < 4.78 is 8.03. The third-order valence-corrected chi connectivity index (χ3v) is 4.68. The maximum absolute atomic E-state index is 12.4. The van der Waals surface area contributed by atoms with Gasteiger partial charge in [-0.15, -0.1) is 0 Å². The van der Waals surface area contributed by atoms with Crippen molar-refractivity contribution < 1.29 is 14.3 Å². The van der Waals surface area contributed by atoms with E-state index < -0.39 is 0 Å². The molecular formula is C22H23BrN4O3. The molecule has 0 aliphatic rings. The number of carbonyl (C=O) groups excluding carboxylic acids is 2. The van der Waals surface area contributed by atoms with Crippen molar-refractivity contribution in [3.63, 3.8) is 0 Å². The average Bonchev–Trinajstić information content (AvgIpc) is 3.18. The lowest BCUT2D eigenvalue weighted by molar-refractivity contribution is -0.116. The van der Waals surface area contributed by atoms with E-state index in [0.717, 1.165) is 10.2 Å². The zero-order valence-electron chi connectivity index (χ0n) is 16.6. The number of hydrogen-bond donors (Lipinski definition) is 2. The van der Waals surface area contributed by atoms with E-state index in [9.17, 15) is 9.59 Å². The zero-order valence-corrected chi connectivity index (χ0v) is 18.2. The molecule has 2 N–H and O–H groups in total. The second-order valence-corrected chi connectivity index (χ2v) is 7.37. The van der Waals surface area contributed by atoms with Crippen molar-refractivity contribution in [2.45, 2.75) is 19.8 Å². The van der Waals surface area contributed by atoms with Crippen molar-refractivity contribution in [3.8, 4) is 11.4 Å². The monoisotopic (exact) mass is 470 g/mol. The normalized spacial score (nSPS) is 10.5. The molecule has 7 nitrogen and oxygen atoms in total. The van der Waals surface area contributed by atoms with Crippen molar-refractivity contribution in [1.82, 2.24) is 15.1 Å². The number of aromatic nitrogens is 2. The average molecular weight is 471 g/mol. The standard InChI is InChI=1S/C22H23BrN4O3/c1-2-30-20-11-6-3-8-17(20)22(29)24-13-7-12-21(28)26-18-9-4-5-10-19(18)27-15-16(23)14-25-27/h3-6,8-11,14-15H,2,7,12-13H2,1H3,(H,24,29)(H,26,28). The molecule has 30 heavy (non-hydrogen) atoms. The van der Waals surface area contributed by atoms with Crippen molar-refractivity contribution in [3.05, 3.63) is 71.0 Å². The van der Waals surface area contributed by atoms with Crippen LogP contribution in [0.2, 0.25) is 0 Å². The Hall–Kier alpha value is -3.13. The smallest absolute Gasteiger partial charge is 0.255 e. The first-order valence-corrected chi connectivity index (χ1v) is 10.5. The first-order chi connectivity index (χ1) is 14.6. The summed E-state index contributed by atoms with van der Waals surface area (Å²) in [6.45, 7) is 2.75. The van der Waals surface area contributed by atoms with Crippen LogP contribution < -0.4 is 15.4 Å². The summed E-state index contributed by atoms with van der Waals surface area (Å²) in [6, 6.07) is 14.6. The van der Waals surface area contributed by atoms with Crippen molar-refractivity contribution >= 4 is 33.4 Å². The number of ether oxygens (including phenoxy) is 1. The van der Waals surface area contributed by atoms with E-state index >= 15 is 0 Å². The molecule has 1 heterocycles. The van der Waals surface area contributed by atoms with Crippen molar-refractivity contribution in [1.29, 1.82) is 0 Å². The van der Waals surface area contributed by atoms with Gasteiger partial charge in [0.25, 0.3) is 5.91 Å². The van der Waals surface area contributed by atoms with Crippen molar-refractivity contribution in [2.24, 2.45) is 0 Å². The Morgan fingerprint density at radius 1 is 1.13 bits per heavy atom. The lowest BCUT2D eigenvalue weighted by Crippen LogP contribution is -2.26. The van der Waals surface area contributed by atoms with Crippen LogP contribution in [0, 0.1) is 0 Å². The fraction of sp³-hybridized carbons (Fsp3) is 0.227. The van der Waals surface area contributed by atoms with Gasteiger partial charge in [0.1, 0.15) is 5.75 Å². The summed E-state index contributed by atoms with van der Waals surface area (Å²) in [7, 11) is 0. The van der Waals surface area contributed by atoms with Crippen LogP contribution in [-0.4, -0.2) is 34.7 Å². The Kier molecular flexibility index (Phi) is 7.62. The van der Waals surface area contributed by atoms with Crippen molar-refractivity contribution in [2.75, 3.05) is 18.5 Å². The van der Waals surface area contributed by atoms with Gasteiger partial charge in [-0.25, -0.2) is 4.68 Å². The second-order valence-electron chi connectivity index (χ2n) is 6.46. The summed E-state index contributed by atoms with van der Waals surface area (Å²) >= 11 is 3.38. The minimum Gasteiger partial charge on any atom is -0.493 e. The van der Waals surface area contributed by atoms with Gasteiger partial charge < -0.3 is 15.4 Å². The molecule has 0 unspecified atom stereocenters. The number of benzene rings is 2. The van der Waals surface area contributed by atoms with Crippen LogP contribution in [0.3, 0.4) is 0 Å². The third kappa shape index (κ3) is 5.70. The Bertz CT molecular complexity index is 1020. The molecule has 0 radical (unpaired) electrons. The number of anilines is 1. The van der Waals surface area contributed by atoms with Gasteiger partial charge in [0.05, 0.1) is 34.2 Å². The number of nitrogens with one attached hydrogen (secondary N) is 2. The maximum atomic E-state index is 12.4. The number of para-hydroxylation sites is 3. The Labute approximate surface area is 183 Å². The molecule has 3 rings (SSSR count). The molecule has 3 aromatic rings. The molecule has 0 aliphatic carbocycles. The highest BCUT2D eigenvalue weighted by Gasteiger charge is 2.12. The van der Waals surface area contributed by atoms with E-state index in [2.05, 4.69) is 31.7 Å². The molecule has 0 bridgehead atoms. The maximum Gasteiger partial charge on any atom is 0.255 e. The van der Waals surface area contributed by atoms with Gasteiger partial charge in [-0.1, -0.05) is 24.3 Å². The lowest BCUT2D eigenvalue weighted by atomic mass is 10.2. The summed E-state index contributed by atoms with van der Waals surface area (Å²) in [5.41, 5.74) is 1.94. The predicted octanol–water partition coefficient (Wildman–Crippen LogP) is 4.18. The van der Waals surface area contributed by atoms with Crippen LogP contribution in [0.1, 0.15) is 30.1 Å². The Balaban J connectivity index is 1.50. The van der Waals surface area contributed by atoms with Gasteiger partial charge in [0, 0.05) is 19.2 Å². The van der Waals surface area contributed by atoms with Gasteiger partial charge in [-0.05, 0) is 53.5 Å². The summed E-state index contributed by atoms with van der Waals surface area (Å²) in [6.07, 6.45) is 4.31. The van der Waals surface area contributed by atoms with E-state index in [1.54, 1.807) is 29.1 Å². The first kappa shape index (κ1) is 21.6. The van der Waals surface area contributed by atoms with Crippen LogP contribution in [0.4, 0.5) is 5.69 Å². The number of carbonyl (C=O) groups is 2. The van der Waals surface area contributed by atoms with Crippen LogP contribution in [0.15, 0.2) is 65.4 Å². The highest BCUT2D eigenvalue weighted by atomic mass is 79.9. The fourth-order valence-electron chi connectivity index (χ4n) is 2.91. The van der Waals surface area contributed by atoms with Gasteiger partial charge in [0.2, 0.25) is 5.91 Å². The molecule has 8 heteroatoms. The third-order valence-electron chi connectivity index (χ3n) is 4.27. The summed E-state index contributed by atoms with van der Waals surface area (Å²) in [4.78, 5) is 24.7. The minimum atomic E-state index is -0.214. The topological polar surface area (TPSA) is 85.2 Å². The molecule has 0 saturated carbocycles. The van der Waals surface area contributed by atoms with Crippen LogP contribution >= 0.6 is 15.9 Å². The highest BCUT2D eigenvalue weighted by Crippen LogP contribution is 2.21. The van der Waals surface area contributed by atoms with E-state index in [-0.39, 0.29) is 18.2 Å².